The third-order valence-corrected chi connectivity index (χ3v) is 3.10. The van der Waals surface area contributed by atoms with Crippen molar-refractivity contribution < 1.29 is 0 Å². The Hall–Kier alpha value is -0.340. The van der Waals surface area contributed by atoms with Crippen LogP contribution in [0.15, 0.2) is 17.5 Å². The van der Waals surface area contributed by atoms with Gasteiger partial charge in [-0.05, 0) is 31.2 Å². The summed E-state index contributed by atoms with van der Waals surface area (Å²) in [7, 11) is 0. The summed E-state index contributed by atoms with van der Waals surface area (Å²) in [6.07, 6.45) is 3.73. The first-order valence-electron chi connectivity index (χ1n) is 5.08. The van der Waals surface area contributed by atoms with E-state index in [0.29, 0.717) is 6.04 Å². The van der Waals surface area contributed by atoms with Crippen LogP contribution in [0.1, 0.15) is 31.6 Å². The molecule has 1 N–H and O–H groups in total. The van der Waals surface area contributed by atoms with Crippen molar-refractivity contribution in [2.45, 2.75) is 39.2 Å². The molecule has 0 aliphatic heterocycles. The fraction of sp³-hybridized carbons (Fsp3) is 0.636. The van der Waals surface area contributed by atoms with Gasteiger partial charge in [-0.3, -0.25) is 0 Å². The van der Waals surface area contributed by atoms with Gasteiger partial charge >= 0.3 is 0 Å². The summed E-state index contributed by atoms with van der Waals surface area (Å²) in [5, 5.41) is 5.67. The second-order valence-corrected chi connectivity index (χ2v) is 4.51. The molecule has 0 aliphatic rings. The van der Waals surface area contributed by atoms with Gasteiger partial charge in [0, 0.05) is 17.5 Å². The Morgan fingerprint density at radius 2 is 2.38 bits per heavy atom. The Morgan fingerprint density at radius 3 is 3.00 bits per heavy atom. The van der Waals surface area contributed by atoms with E-state index in [1.165, 1.54) is 24.1 Å². The summed E-state index contributed by atoms with van der Waals surface area (Å²) in [5.74, 6) is 0. The lowest BCUT2D eigenvalue weighted by atomic mass is 10.2. The van der Waals surface area contributed by atoms with Crippen LogP contribution in [0.25, 0.3) is 0 Å². The monoisotopic (exact) mass is 197 g/mol. The van der Waals surface area contributed by atoms with Crippen molar-refractivity contribution in [1.82, 2.24) is 5.32 Å². The highest BCUT2D eigenvalue weighted by atomic mass is 32.1. The maximum Gasteiger partial charge on any atom is 0.00578 e. The van der Waals surface area contributed by atoms with Crippen LogP contribution in [-0.2, 0) is 6.42 Å². The highest BCUT2D eigenvalue weighted by Crippen LogP contribution is 2.08. The second-order valence-electron chi connectivity index (χ2n) is 3.47. The van der Waals surface area contributed by atoms with Crippen LogP contribution in [0.4, 0.5) is 0 Å². The number of hydrogen-bond donors (Lipinski definition) is 1. The molecule has 1 rings (SSSR count). The topological polar surface area (TPSA) is 12.0 Å². The zero-order valence-electron chi connectivity index (χ0n) is 8.55. The Balaban J connectivity index is 2.07. The summed E-state index contributed by atoms with van der Waals surface area (Å²) in [6.45, 7) is 5.61. The Morgan fingerprint density at radius 1 is 1.54 bits per heavy atom. The number of thiophene rings is 1. The molecule has 0 radical (unpaired) electrons. The van der Waals surface area contributed by atoms with Gasteiger partial charge in [-0.2, -0.15) is 0 Å². The molecule has 0 spiro atoms. The standard InChI is InChI=1S/C11H19NS/c1-3-5-10(2)12-8-7-11-6-4-9-13-11/h4,6,9-10,12H,3,5,7-8H2,1-2H3/t10-/m1/s1. The normalized spacial score (nSPS) is 13.1. The first-order chi connectivity index (χ1) is 6.33. The van der Waals surface area contributed by atoms with E-state index in [-0.39, 0.29) is 0 Å². The lowest BCUT2D eigenvalue weighted by molar-refractivity contribution is 0.513. The average molecular weight is 197 g/mol. The highest BCUT2D eigenvalue weighted by molar-refractivity contribution is 7.09. The second kappa shape index (κ2) is 6.17. The van der Waals surface area contributed by atoms with E-state index in [1.807, 2.05) is 11.3 Å². The van der Waals surface area contributed by atoms with E-state index in [9.17, 15) is 0 Å². The average Bonchev–Trinajstić information content (AvgIpc) is 2.57. The number of rotatable bonds is 6. The van der Waals surface area contributed by atoms with E-state index in [1.54, 1.807) is 0 Å². The largest absolute Gasteiger partial charge is 0.314 e. The molecular formula is C11H19NS. The molecule has 0 aliphatic carbocycles. The third kappa shape index (κ3) is 4.44. The maximum absolute atomic E-state index is 3.53. The predicted octanol–water partition coefficient (Wildman–Crippen LogP) is 3.07. The van der Waals surface area contributed by atoms with Crippen molar-refractivity contribution in [1.29, 1.82) is 0 Å². The van der Waals surface area contributed by atoms with Crippen LogP contribution in [0.2, 0.25) is 0 Å². The van der Waals surface area contributed by atoms with Gasteiger partial charge in [0.1, 0.15) is 0 Å². The summed E-state index contributed by atoms with van der Waals surface area (Å²) in [6, 6.07) is 5.00. The van der Waals surface area contributed by atoms with Gasteiger partial charge in [-0.1, -0.05) is 19.4 Å². The van der Waals surface area contributed by atoms with Crippen molar-refractivity contribution >= 4 is 11.3 Å². The number of hydrogen-bond acceptors (Lipinski definition) is 2. The Kier molecular flexibility index (Phi) is 5.09. The Labute approximate surface area is 85.2 Å². The SMILES string of the molecule is CCC[C@@H](C)NCCc1cccs1. The van der Waals surface area contributed by atoms with E-state index < -0.39 is 0 Å². The minimum Gasteiger partial charge on any atom is -0.314 e. The smallest absolute Gasteiger partial charge is 0.00578 e. The fourth-order valence-corrected chi connectivity index (χ4v) is 2.14. The van der Waals surface area contributed by atoms with Gasteiger partial charge in [-0.15, -0.1) is 11.3 Å². The molecule has 13 heavy (non-hydrogen) atoms. The molecule has 1 aromatic rings. The molecule has 0 fully saturated rings. The molecule has 1 nitrogen and oxygen atoms in total. The van der Waals surface area contributed by atoms with Crippen molar-refractivity contribution in [2.24, 2.45) is 0 Å². The third-order valence-electron chi connectivity index (χ3n) is 2.17. The summed E-state index contributed by atoms with van der Waals surface area (Å²) >= 11 is 1.85. The van der Waals surface area contributed by atoms with E-state index >= 15 is 0 Å². The van der Waals surface area contributed by atoms with Crippen LogP contribution < -0.4 is 5.32 Å². The van der Waals surface area contributed by atoms with Crippen LogP contribution >= 0.6 is 11.3 Å². The first-order valence-corrected chi connectivity index (χ1v) is 5.96. The molecule has 0 bridgehead atoms. The highest BCUT2D eigenvalue weighted by Gasteiger charge is 1.99. The van der Waals surface area contributed by atoms with Crippen LogP contribution in [0.5, 0.6) is 0 Å². The molecule has 1 atom stereocenters. The summed E-state index contributed by atoms with van der Waals surface area (Å²) in [5.41, 5.74) is 0. The van der Waals surface area contributed by atoms with Crippen LogP contribution in [0, 0.1) is 0 Å². The minimum atomic E-state index is 0.671. The van der Waals surface area contributed by atoms with E-state index in [4.69, 9.17) is 0 Å². The zero-order chi connectivity index (χ0) is 9.52. The lowest BCUT2D eigenvalue weighted by Crippen LogP contribution is -2.27. The van der Waals surface area contributed by atoms with Gasteiger partial charge in [-0.25, -0.2) is 0 Å². The zero-order valence-corrected chi connectivity index (χ0v) is 9.36. The van der Waals surface area contributed by atoms with E-state index in [2.05, 4.69) is 36.7 Å². The molecule has 0 amide bonds. The molecule has 1 aromatic heterocycles. The van der Waals surface area contributed by atoms with Crippen LogP contribution in [-0.4, -0.2) is 12.6 Å². The molecule has 0 saturated heterocycles. The van der Waals surface area contributed by atoms with Gasteiger partial charge in [0.2, 0.25) is 0 Å². The van der Waals surface area contributed by atoms with Crippen LogP contribution in [0.3, 0.4) is 0 Å². The van der Waals surface area contributed by atoms with Gasteiger partial charge in [0.05, 0.1) is 0 Å². The first kappa shape index (κ1) is 10.7. The molecule has 0 aromatic carbocycles. The van der Waals surface area contributed by atoms with Gasteiger partial charge < -0.3 is 5.32 Å². The lowest BCUT2D eigenvalue weighted by Gasteiger charge is -2.11. The molecule has 0 unspecified atom stereocenters. The molecular weight excluding hydrogens is 178 g/mol. The van der Waals surface area contributed by atoms with Crippen molar-refractivity contribution in [2.75, 3.05) is 6.54 Å². The number of nitrogens with one attached hydrogen (secondary N) is 1. The van der Waals surface area contributed by atoms with E-state index in [0.717, 1.165) is 6.54 Å². The van der Waals surface area contributed by atoms with Crippen molar-refractivity contribution in [3.8, 4) is 0 Å². The quantitative estimate of drug-likeness (QED) is 0.739. The molecule has 74 valence electrons. The fourth-order valence-electron chi connectivity index (χ4n) is 1.43. The summed E-state index contributed by atoms with van der Waals surface area (Å²) < 4.78 is 0. The summed E-state index contributed by atoms with van der Waals surface area (Å²) in [4.78, 5) is 1.48. The molecule has 1 heterocycles. The van der Waals surface area contributed by atoms with Gasteiger partial charge in [0.25, 0.3) is 0 Å². The van der Waals surface area contributed by atoms with Crippen molar-refractivity contribution in [3.63, 3.8) is 0 Å². The van der Waals surface area contributed by atoms with Crippen molar-refractivity contribution in [3.05, 3.63) is 22.4 Å². The predicted molar refractivity (Wildman–Crippen MR) is 60.4 cm³/mol. The minimum absolute atomic E-state index is 0.671. The molecule has 0 saturated carbocycles. The maximum atomic E-state index is 3.53. The Bertz CT molecular complexity index is 206. The van der Waals surface area contributed by atoms with Gasteiger partial charge in [0.15, 0.2) is 0 Å². The molecule has 2 heteroatoms.